The Kier molecular flexibility index (Phi) is 5.67. The quantitative estimate of drug-likeness (QED) is 0.847. The van der Waals surface area contributed by atoms with Gasteiger partial charge >= 0.3 is 0 Å². The molecule has 2 heterocycles. The molecular weight excluding hydrogens is 328 g/mol. The molecular formula is C17H26N2O2S2. The maximum absolute atomic E-state index is 11.6. The van der Waals surface area contributed by atoms with Gasteiger partial charge in [0.15, 0.2) is 9.84 Å². The van der Waals surface area contributed by atoms with Gasteiger partial charge in [-0.3, -0.25) is 0 Å². The van der Waals surface area contributed by atoms with Crippen molar-refractivity contribution in [3.05, 3.63) is 29.8 Å². The van der Waals surface area contributed by atoms with E-state index in [9.17, 15) is 8.42 Å². The molecule has 2 saturated heterocycles. The number of hydrogen-bond acceptors (Lipinski definition) is 5. The number of piperidine rings is 1. The van der Waals surface area contributed by atoms with Gasteiger partial charge in [0, 0.05) is 37.2 Å². The molecule has 2 N–H and O–H groups in total. The maximum atomic E-state index is 11.6. The van der Waals surface area contributed by atoms with E-state index in [2.05, 4.69) is 22.4 Å². The van der Waals surface area contributed by atoms with E-state index in [0.717, 1.165) is 31.3 Å². The van der Waals surface area contributed by atoms with Crippen molar-refractivity contribution in [3.8, 4) is 0 Å². The third-order valence-corrected chi connectivity index (χ3v) is 7.31. The summed E-state index contributed by atoms with van der Waals surface area (Å²) in [6, 6.07) is 7.91. The molecule has 1 aromatic rings. The van der Waals surface area contributed by atoms with Gasteiger partial charge in [-0.1, -0.05) is 12.1 Å². The van der Waals surface area contributed by atoms with E-state index < -0.39 is 9.84 Å². The molecule has 2 aliphatic heterocycles. The van der Waals surface area contributed by atoms with Gasteiger partial charge < -0.3 is 10.6 Å². The van der Waals surface area contributed by atoms with Crippen LogP contribution in [0.2, 0.25) is 0 Å². The Hall–Kier alpha value is -0.560. The van der Waals surface area contributed by atoms with Crippen LogP contribution in [0.15, 0.2) is 29.2 Å². The van der Waals surface area contributed by atoms with Gasteiger partial charge in [0.05, 0.1) is 4.90 Å². The molecule has 0 radical (unpaired) electrons. The fourth-order valence-corrected chi connectivity index (χ4v) is 5.29. The molecule has 3 rings (SSSR count). The number of nitrogens with one attached hydrogen (secondary N) is 2. The van der Waals surface area contributed by atoms with Crippen LogP contribution in [0.1, 0.15) is 30.7 Å². The molecule has 0 saturated carbocycles. The van der Waals surface area contributed by atoms with Crippen molar-refractivity contribution in [2.75, 3.05) is 31.6 Å². The largest absolute Gasteiger partial charge is 0.315 e. The van der Waals surface area contributed by atoms with Crippen molar-refractivity contribution in [2.45, 2.75) is 41.4 Å². The van der Waals surface area contributed by atoms with Crippen LogP contribution >= 0.6 is 11.8 Å². The van der Waals surface area contributed by atoms with Gasteiger partial charge in [-0.2, -0.15) is 11.8 Å². The van der Waals surface area contributed by atoms with E-state index in [-0.39, 0.29) is 0 Å². The first-order valence-electron chi connectivity index (χ1n) is 8.38. The van der Waals surface area contributed by atoms with Crippen molar-refractivity contribution in [1.82, 2.24) is 10.6 Å². The standard InChI is InChI=1S/C17H26N2O2S2/c1-23(20,21)17-6-4-13(5-7-17)14-9-15(11-18-10-14)19-12-16-3-2-8-22-16/h4-7,14-16,18-19H,2-3,8-12H2,1H3. The topological polar surface area (TPSA) is 58.2 Å². The highest BCUT2D eigenvalue weighted by Crippen LogP contribution is 2.27. The average molecular weight is 355 g/mol. The second-order valence-corrected chi connectivity index (χ2v) is 10.1. The highest BCUT2D eigenvalue weighted by molar-refractivity contribution is 8.00. The molecule has 3 atom stereocenters. The number of rotatable bonds is 5. The SMILES string of the molecule is CS(=O)(=O)c1ccc(C2CNCC(NCC3CCCS3)C2)cc1. The van der Waals surface area contributed by atoms with Gasteiger partial charge in [0.1, 0.15) is 0 Å². The summed E-state index contributed by atoms with van der Waals surface area (Å²) in [4.78, 5) is 0.401. The van der Waals surface area contributed by atoms with Crippen molar-refractivity contribution >= 4 is 21.6 Å². The fraction of sp³-hybridized carbons (Fsp3) is 0.647. The second kappa shape index (κ2) is 7.55. The molecule has 0 bridgehead atoms. The van der Waals surface area contributed by atoms with E-state index in [4.69, 9.17) is 0 Å². The first-order chi connectivity index (χ1) is 11.0. The van der Waals surface area contributed by atoms with Crippen LogP contribution in [-0.2, 0) is 9.84 Å². The summed E-state index contributed by atoms with van der Waals surface area (Å²) in [5.74, 6) is 1.76. The van der Waals surface area contributed by atoms with E-state index >= 15 is 0 Å². The molecule has 0 aliphatic carbocycles. The zero-order valence-electron chi connectivity index (χ0n) is 13.6. The minimum absolute atomic E-state index is 0.401. The molecule has 0 spiro atoms. The zero-order valence-corrected chi connectivity index (χ0v) is 15.3. The first-order valence-corrected chi connectivity index (χ1v) is 11.3. The monoisotopic (exact) mass is 354 g/mol. The lowest BCUT2D eigenvalue weighted by Crippen LogP contribution is -2.47. The van der Waals surface area contributed by atoms with E-state index in [1.807, 2.05) is 12.1 Å². The number of benzene rings is 1. The summed E-state index contributed by atoms with van der Waals surface area (Å²) in [5.41, 5.74) is 1.23. The number of thioether (sulfide) groups is 1. The van der Waals surface area contributed by atoms with Crippen molar-refractivity contribution < 1.29 is 8.42 Å². The summed E-state index contributed by atoms with van der Waals surface area (Å²) >= 11 is 2.09. The molecule has 1 aromatic carbocycles. The Labute approximate surface area is 143 Å². The summed E-state index contributed by atoms with van der Waals surface area (Å²) in [7, 11) is -3.11. The lowest BCUT2D eigenvalue weighted by atomic mass is 9.89. The fourth-order valence-electron chi connectivity index (χ4n) is 3.44. The van der Waals surface area contributed by atoms with Crippen LogP contribution in [0.3, 0.4) is 0 Å². The Morgan fingerprint density at radius 3 is 2.70 bits per heavy atom. The minimum atomic E-state index is -3.11. The molecule has 0 amide bonds. The van der Waals surface area contributed by atoms with Crippen molar-refractivity contribution in [1.29, 1.82) is 0 Å². The highest BCUT2D eigenvalue weighted by atomic mass is 32.2. The maximum Gasteiger partial charge on any atom is 0.175 e. The number of sulfone groups is 1. The molecule has 3 unspecified atom stereocenters. The third kappa shape index (κ3) is 4.72. The first kappa shape index (κ1) is 17.3. The zero-order chi connectivity index (χ0) is 16.3. The van der Waals surface area contributed by atoms with Gasteiger partial charge in [-0.05, 0) is 48.6 Å². The Balaban J connectivity index is 1.57. The highest BCUT2D eigenvalue weighted by Gasteiger charge is 2.24. The van der Waals surface area contributed by atoms with Crippen molar-refractivity contribution in [2.24, 2.45) is 0 Å². The van der Waals surface area contributed by atoms with E-state index in [1.165, 1.54) is 30.4 Å². The van der Waals surface area contributed by atoms with E-state index in [1.54, 1.807) is 12.1 Å². The Bertz CT molecular complexity index is 610. The summed E-state index contributed by atoms with van der Waals surface area (Å²) in [5, 5.41) is 8.02. The Morgan fingerprint density at radius 1 is 1.26 bits per heavy atom. The van der Waals surface area contributed by atoms with Gasteiger partial charge in [0.2, 0.25) is 0 Å². The van der Waals surface area contributed by atoms with Gasteiger partial charge in [-0.25, -0.2) is 8.42 Å². The summed E-state index contributed by atoms with van der Waals surface area (Å²) in [6.07, 6.45) is 5.07. The van der Waals surface area contributed by atoms with Crippen LogP contribution in [0.4, 0.5) is 0 Å². The third-order valence-electron chi connectivity index (χ3n) is 4.79. The molecule has 4 nitrogen and oxygen atoms in total. The van der Waals surface area contributed by atoms with Crippen LogP contribution in [-0.4, -0.2) is 51.4 Å². The summed E-state index contributed by atoms with van der Waals surface area (Å²) < 4.78 is 23.1. The lowest BCUT2D eigenvalue weighted by Gasteiger charge is -2.31. The van der Waals surface area contributed by atoms with Crippen LogP contribution < -0.4 is 10.6 Å². The van der Waals surface area contributed by atoms with Gasteiger partial charge in [-0.15, -0.1) is 0 Å². The summed E-state index contributed by atoms with van der Waals surface area (Å²) in [6.45, 7) is 3.10. The van der Waals surface area contributed by atoms with E-state index in [0.29, 0.717) is 16.9 Å². The Morgan fingerprint density at radius 2 is 2.04 bits per heavy atom. The predicted molar refractivity (Wildman–Crippen MR) is 97.1 cm³/mol. The number of hydrogen-bond donors (Lipinski definition) is 2. The normalized spacial score (nSPS) is 28.8. The molecule has 23 heavy (non-hydrogen) atoms. The molecule has 2 aliphatic rings. The molecule has 0 aromatic heterocycles. The molecule has 128 valence electrons. The lowest BCUT2D eigenvalue weighted by molar-refractivity contribution is 0.356. The van der Waals surface area contributed by atoms with Gasteiger partial charge in [0.25, 0.3) is 0 Å². The minimum Gasteiger partial charge on any atom is -0.315 e. The smallest absolute Gasteiger partial charge is 0.175 e. The second-order valence-electron chi connectivity index (χ2n) is 6.67. The molecule has 2 fully saturated rings. The van der Waals surface area contributed by atoms with Crippen LogP contribution in [0.5, 0.6) is 0 Å². The predicted octanol–water partition coefficient (Wildman–Crippen LogP) is 2.02. The van der Waals surface area contributed by atoms with Crippen LogP contribution in [0.25, 0.3) is 0 Å². The average Bonchev–Trinajstić information content (AvgIpc) is 3.06. The van der Waals surface area contributed by atoms with Crippen molar-refractivity contribution in [3.63, 3.8) is 0 Å². The molecule has 6 heteroatoms. The van der Waals surface area contributed by atoms with Crippen LogP contribution in [0, 0.1) is 0 Å².